The minimum atomic E-state index is 0. The molecule has 2 fully saturated rings. The molecule has 3 rings (SSSR count). The number of hydrogen-bond acceptors (Lipinski definition) is 4. The van der Waals surface area contributed by atoms with Gasteiger partial charge in [0.1, 0.15) is 5.75 Å². The van der Waals surface area contributed by atoms with Crippen molar-refractivity contribution in [3.63, 3.8) is 0 Å². The van der Waals surface area contributed by atoms with Gasteiger partial charge in [-0.1, -0.05) is 0 Å². The minimum Gasteiger partial charge on any atom is -0.508 e. The summed E-state index contributed by atoms with van der Waals surface area (Å²) in [6.07, 6.45) is 4.68. The predicted octanol–water partition coefficient (Wildman–Crippen LogP) is 2.65. The molecule has 2 aliphatic heterocycles. The Morgan fingerprint density at radius 1 is 1.27 bits per heavy atom. The van der Waals surface area contributed by atoms with Crippen molar-refractivity contribution in [2.24, 2.45) is 0 Å². The van der Waals surface area contributed by atoms with Crippen molar-refractivity contribution >= 4 is 30.1 Å². The average Bonchev–Trinajstić information content (AvgIpc) is 2.84. The average molecular weight is 343 g/mol. The zero-order valence-corrected chi connectivity index (χ0v) is 14.3. The molecule has 2 N–H and O–H groups in total. The number of phenols is 1. The SMILES string of the molecule is CN(C(=O)CSc1ccc(O)cc1)C1CC2CCC(C1)N2.Cl. The van der Waals surface area contributed by atoms with Crippen LogP contribution in [0.2, 0.25) is 0 Å². The minimum absolute atomic E-state index is 0. The number of halogens is 1. The third-order valence-corrected chi connectivity index (χ3v) is 5.59. The molecule has 0 aliphatic carbocycles. The van der Waals surface area contributed by atoms with Gasteiger partial charge in [-0.3, -0.25) is 4.79 Å². The molecule has 1 amide bonds. The van der Waals surface area contributed by atoms with Gasteiger partial charge in [-0.2, -0.15) is 0 Å². The van der Waals surface area contributed by atoms with Gasteiger partial charge >= 0.3 is 0 Å². The topological polar surface area (TPSA) is 52.6 Å². The van der Waals surface area contributed by atoms with Crippen LogP contribution in [0.5, 0.6) is 5.75 Å². The van der Waals surface area contributed by atoms with E-state index in [1.54, 1.807) is 12.1 Å². The summed E-state index contributed by atoms with van der Waals surface area (Å²) in [4.78, 5) is 15.3. The van der Waals surface area contributed by atoms with Crippen LogP contribution in [0.3, 0.4) is 0 Å². The maximum absolute atomic E-state index is 12.4. The van der Waals surface area contributed by atoms with E-state index >= 15 is 0 Å². The number of carbonyl (C=O) groups is 1. The molecule has 6 heteroatoms. The molecule has 2 aliphatic rings. The van der Waals surface area contributed by atoms with E-state index < -0.39 is 0 Å². The normalized spacial score (nSPS) is 26.3. The van der Waals surface area contributed by atoms with Crippen LogP contribution in [0, 0.1) is 0 Å². The molecule has 2 heterocycles. The second kappa shape index (κ2) is 7.57. The molecule has 122 valence electrons. The molecule has 1 aromatic carbocycles. The number of rotatable bonds is 4. The summed E-state index contributed by atoms with van der Waals surface area (Å²) < 4.78 is 0. The Morgan fingerprint density at radius 2 is 1.86 bits per heavy atom. The van der Waals surface area contributed by atoms with E-state index in [0.29, 0.717) is 23.9 Å². The van der Waals surface area contributed by atoms with Crippen LogP contribution in [0.1, 0.15) is 25.7 Å². The molecule has 2 bridgehead atoms. The fourth-order valence-electron chi connectivity index (χ4n) is 3.34. The molecule has 22 heavy (non-hydrogen) atoms. The Kier molecular flexibility index (Phi) is 6.01. The van der Waals surface area contributed by atoms with Gasteiger partial charge in [0.05, 0.1) is 5.75 Å². The fraction of sp³-hybridized carbons (Fsp3) is 0.562. The van der Waals surface area contributed by atoms with Gasteiger partial charge < -0.3 is 15.3 Å². The summed E-state index contributed by atoms with van der Waals surface area (Å²) in [7, 11) is 1.94. The van der Waals surface area contributed by atoms with Gasteiger partial charge in [-0.15, -0.1) is 24.2 Å². The standard InChI is InChI=1S/C16H22N2O2S.ClH/c1-18(13-8-11-2-3-12(9-13)17-11)16(20)10-21-15-6-4-14(19)5-7-15;/h4-7,11-13,17,19H,2-3,8-10H2,1H3;1H. The van der Waals surface area contributed by atoms with E-state index in [4.69, 9.17) is 0 Å². The van der Waals surface area contributed by atoms with Crippen LogP contribution in [0.25, 0.3) is 0 Å². The summed E-state index contributed by atoms with van der Waals surface area (Å²) in [5, 5.41) is 12.9. The molecule has 2 unspecified atom stereocenters. The summed E-state index contributed by atoms with van der Waals surface area (Å²) in [6, 6.07) is 8.59. The van der Waals surface area contributed by atoms with Crippen molar-refractivity contribution in [1.29, 1.82) is 0 Å². The molecule has 0 saturated carbocycles. The monoisotopic (exact) mass is 342 g/mol. The van der Waals surface area contributed by atoms with Crippen molar-refractivity contribution in [3.8, 4) is 5.75 Å². The van der Waals surface area contributed by atoms with Crippen LogP contribution < -0.4 is 5.32 Å². The predicted molar refractivity (Wildman–Crippen MR) is 91.8 cm³/mol. The van der Waals surface area contributed by atoms with E-state index in [9.17, 15) is 9.90 Å². The number of benzene rings is 1. The van der Waals surface area contributed by atoms with Crippen molar-refractivity contribution in [2.45, 2.75) is 48.7 Å². The first kappa shape index (κ1) is 17.4. The highest BCUT2D eigenvalue weighted by Crippen LogP contribution is 2.30. The lowest BCUT2D eigenvalue weighted by atomic mass is 9.98. The lowest BCUT2D eigenvalue weighted by Gasteiger charge is -2.35. The number of hydrogen-bond donors (Lipinski definition) is 2. The summed E-state index contributed by atoms with van der Waals surface area (Å²) in [6.45, 7) is 0. The number of thioether (sulfide) groups is 1. The Labute approximate surface area is 142 Å². The van der Waals surface area contributed by atoms with Gasteiger partial charge in [-0.25, -0.2) is 0 Å². The molecule has 0 radical (unpaired) electrons. The van der Waals surface area contributed by atoms with Gasteiger partial charge in [-0.05, 0) is 49.9 Å². The van der Waals surface area contributed by atoms with Crippen LogP contribution in [0.4, 0.5) is 0 Å². The summed E-state index contributed by atoms with van der Waals surface area (Å²) in [5.74, 6) is 0.910. The smallest absolute Gasteiger partial charge is 0.232 e. The highest BCUT2D eigenvalue weighted by Gasteiger charge is 2.36. The lowest BCUT2D eigenvalue weighted by Crippen LogP contribution is -2.49. The van der Waals surface area contributed by atoms with Gasteiger partial charge in [0.2, 0.25) is 5.91 Å². The van der Waals surface area contributed by atoms with Crippen molar-refractivity contribution in [1.82, 2.24) is 10.2 Å². The van der Waals surface area contributed by atoms with E-state index in [1.807, 2.05) is 24.1 Å². The number of fused-ring (bicyclic) bond motifs is 2. The van der Waals surface area contributed by atoms with Crippen molar-refractivity contribution in [3.05, 3.63) is 24.3 Å². The van der Waals surface area contributed by atoms with Crippen LogP contribution >= 0.6 is 24.2 Å². The molecule has 0 spiro atoms. The Bertz CT molecular complexity index is 499. The first-order chi connectivity index (χ1) is 10.1. The summed E-state index contributed by atoms with van der Waals surface area (Å²) in [5.41, 5.74) is 0. The number of nitrogens with zero attached hydrogens (tertiary/aromatic N) is 1. The number of phenolic OH excluding ortho intramolecular Hbond substituents is 1. The number of aromatic hydroxyl groups is 1. The number of amides is 1. The maximum atomic E-state index is 12.4. The second-order valence-electron chi connectivity index (χ2n) is 6.05. The summed E-state index contributed by atoms with van der Waals surface area (Å²) >= 11 is 1.53. The molecular weight excluding hydrogens is 320 g/mol. The zero-order chi connectivity index (χ0) is 14.8. The largest absolute Gasteiger partial charge is 0.508 e. The molecule has 4 nitrogen and oxygen atoms in total. The van der Waals surface area contributed by atoms with Crippen LogP contribution in [-0.4, -0.2) is 46.8 Å². The third-order valence-electron chi connectivity index (χ3n) is 4.59. The quantitative estimate of drug-likeness (QED) is 0.826. The molecule has 1 aromatic rings. The maximum Gasteiger partial charge on any atom is 0.232 e. The number of nitrogens with one attached hydrogen (secondary N) is 1. The molecular formula is C16H23ClN2O2S. The van der Waals surface area contributed by atoms with E-state index in [2.05, 4.69) is 5.32 Å². The van der Waals surface area contributed by atoms with Crippen molar-refractivity contribution in [2.75, 3.05) is 12.8 Å². The van der Waals surface area contributed by atoms with E-state index in [-0.39, 0.29) is 24.1 Å². The third kappa shape index (κ3) is 4.09. The van der Waals surface area contributed by atoms with Crippen LogP contribution in [-0.2, 0) is 4.79 Å². The lowest BCUT2D eigenvalue weighted by molar-refractivity contribution is -0.129. The van der Waals surface area contributed by atoms with Gasteiger partial charge in [0, 0.05) is 30.1 Å². The molecule has 2 atom stereocenters. The Hall–Kier alpha value is -0.910. The molecule has 2 saturated heterocycles. The van der Waals surface area contributed by atoms with Gasteiger partial charge in [0.25, 0.3) is 0 Å². The van der Waals surface area contributed by atoms with Gasteiger partial charge in [0.15, 0.2) is 0 Å². The Balaban J connectivity index is 0.00000176. The van der Waals surface area contributed by atoms with Crippen LogP contribution in [0.15, 0.2) is 29.2 Å². The second-order valence-corrected chi connectivity index (χ2v) is 7.10. The fourth-order valence-corrected chi connectivity index (χ4v) is 4.16. The Morgan fingerprint density at radius 3 is 2.45 bits per heavy atom. The van der Waals surface area contributed by atoms with E-state index in [1.165, 1.54) is 24.6 Å². The highest BCUT2D eigenvalue weighted by molar-refractivity contribution is 8.00. The zero-order valence-electron chi connectivity index (χ0n) is 12.7. The number of piperidine rings is 1. The van der Waals surface area contributed by atoms with Crippen molar-refractivity contribution < 1.29 is 9.90 Å². The number of carbonyl (C=O) groups excluding carboxylic acids is 1. The molecule has 0 aromatic heterocycles. The van der Waals surface area contributed by atoms with E-state index in [0.717, 1.165) is 17.7 Å². The first-order valence-electron chi connectivity index (χ1n) is 7.55. The highest BCUT2D eigenvalue weighted by atomic mass is 35.5. The first-order valence-corrected chi connectivity index (χ1v) is 8.54.